The van der Waals surface area contributed by atoms with E-state index in [9.17, 15) is 0 Å². The number of rotatable bonds is 2. The van der Waals surface area contributed by atoms with E-state index in [4.69, 9.17) is 15.0 Å². The van der Waals surface area contributed by atoms with Gasteiger partial charge in [0, 0.05) is 17.3 Å². The molecule has 0 aromatic heterocycles. The van der Waals surface area contributed by atoms with Crippen LogP contribution >= 0.6 is 0 Å². The lowest BCUT2D eigenvalue weighted by Crippen LogP contribution is -2.55. The Morgan fingerprint density at radius 1 is 1.50 bits per heavy atom. The summed E-state index contributed by atoms with van der Waals surface area (Å²) in [5, 5.41) is 3.66. The second kappa shape index (κ2) is 2.86. The molecule has 1 aliphatic carbocycles. The van der Waals surface area contributed by atoms with E-state index in [-0.39, 0.29) is 5.60 Å². The summed E-state index contributed by atoms with van der Waals surface area (Å²) >= 11 is 0. The highest BCUT2D eigenvalue weighted by Gasteiger charge is 2.58. The molecule has 3 saturated heterocycles. The zero-order valence-corrected chi connectivity index (χ0v) is 7.93. The van der Waals surface area contributed by atoms with Crippen LogP contribution in [0.15, 0.2) is 5.11 Å². The Hall–Kier alpha value is -0.770. The average molecular weight is 195 g/mol. The first-order valence-corrected chi connectivity index (χ1v) is 5.14. The molecule has 0 aromatic carbocycles. The van der Waals surface area contributed by atoms with E-state index in [1.807, 2.05) is 0 Å². The fourth-order valence-corrected chi connectivity index (χ4v) is 3.15. The molecule has 4 rings (SSSR count). The van der Waals surface area contributed by atoms with Crippen molar-refractivity contribution in [3.8, 4) is 0 Å². The molecule has 4 atom stereocenters. The van der Waals surface area contributed by atoms with E-state index in [0.29, 0.717) is 31.3 Å². The quantitative estimate of drug-likeness (QED) is 0.382. The minimum absolute atomic E-state index is 0.280. The topological polar surface area (TPSA) is 67.2 Å². The lowest BCUT2D eigenvalue weighted by atomic mass is 9.73. The summed E-state index contributed by atoms with van der Waals surface area (Å²) in [6.45, 7) is 1.04. The van der Waals surface area contributed by atoms with Crippen LogP contribution in [0.25, 0.3) is 10.4 Å². The normalized spacial score (nSPS) is 49.0. The molecule has 0 amide bonds. The Morgan fingerprint density at radius 2 is 2.43 bits per heavy atom. The van der Waals surface area contributed by atoms with Gasteiger partial charge in [-0.1, -0.05) is 5.11 Å². The summed E-state index contributed by atoms with van der Waals surface area (Å²) in [5.74, 6) is 0.456. The van der Waals surface area contributed by atoms with Crippen LogP contribution in [0.4, 0.5) is 0 Å². The lowest BCUT2D eigenvalue weighted by molar-refractivity contribution is -0.170. The fraction of sp³-hybridized carbons (Fsp3) is 1.00. The Balaban J connectivity index is 1.89. The van der Waals surface area contributed by atoms with Gasteiger partial charge in [0.15, 0.2) is 0 Å². The predicted molar refractivity (Wildman–Crippen MR) is 48.7 cm³/mol. The molecule has 0 N–H and O–H groups in total. The predicted octanol–water partition coefficient (Wildman–Crippen LogP) is 1.63. The van der Waals surface area contributed by atoms with E-state index in [0.717, 1.165) is 19.3 Å². The van der Waals surface area contributed by atoms with Crippen molar-refractivity contribution in [2.75, 3.05) is 13.2 Å². The summed E-state index contributed by atoms with van der Waals surface area (Å²) in [6, 6.07) is 0. The van der Waals surface area contributed by atoms with E-state index >= 15 is 0 Å². The Kier molecular flexibility index (Phi) is 1.74. The molecule has 5 nitrogen and oxygen atoms in total. The smallest absolute Gasteiger partial charge is 0.103 e. The van der Waals surface area contributed by atoms with Gasteiger partial charge in [-0.2, -0.15) is 0 Å². The molecule has 0 unspecified atom stereocenters. The Morgan fingerprint density at radius 3 is 3.21 bits per heavy atom. The van der Waals surface area contributed by atoms with Crippen molar-refractivity contribution in [2.45, 2.75) is 37.1 Å². The van der Waals surface area contributed by atoms with Crippen LogP contribution in [0.3, 0.4) is 0 Å². The number of azide groups is 1. The standard InChI is InChI=1S/C9H13N3O2/c10-12-11-4-9-5-13-8-3-6(14-9)1-2-7(8)9/h6-8H,1-5H2/t6-,7+,8-,9-/m0/s1. The van der Waals surface area contributed by atoms with Gasteiger partial charge in [-0.3, -0.25) is 0 Å². The molecular weight excluding hydrogens is 182 g/mol. The number of fused-ring (bicyclic) bond motifs is 1. The largest absolute Gasteiger partial charge is 0.375 e. The van der Waals surface area contributed by atoms with Gasteiger partial charge in [0.05, 0.1) is 25.4 Å². The molecule has 0 spiro atoms. The molecule has 0 aromatic rings. The van der Waals surface area contributed by atoms with Gasteiger partial charge in [0.1, 0.15) is 5.60 Å². The van der Waals surface area contributed by atoms with E-state index < -0.39 is 0 Å². The van der Waals surface area contributed by atoms with Gasteiger partial charge in [0.2, 0.25) is 0 Å². The highest BCUT2D eigenvalue weighted by atomic mass is 16.6. The van der Waals surface area contributed by atoms with Gasteiger partial charge < -0.3 is 9.47 Å². The Bertz CT molecular complexity index is 302. The third-order valence-corrected chi connectivity index (χ3v) is 3.76. The van der Waals surface area contributed by atoms with E-state index in [2.05, 4.69) is 10.0 Å². The first-order valence-electron chi connectivity index (χ1n) is 5.14. The molecule has 1 saturated carbocycles. The van der Waals surface area contributed by atoms with Crippen LogP contribution in [0.5, 0.6) is 0 Å². The summed E-state index contributed by atoms with van der Waals surface area (Å²) in [5.41, 5.74) is 8.07. The summed E-state index contributed by atoms with van der Waals surface area (Å²) in [4.78, 5) is 2.81. The number of nitrogens with zero attached hydrogens (tertiary/aromatic N) is 3. The SMILES string of the molecule is [N-]=[N+]=NC[C@]12CO[C@H]3C[C@H](CC[C@H]31)O2. The van der Waals surface area contributed by atoms with Crippen LogP contribution in [0.1, 0.15) is 19.3 Å². The fourth-order valence-electron chi connectivity index (χ4n) is 3.15. The number of ether oxygens (including phenoxy) is 2. The van der Waals surface area contributed by atoms with Gasteiger partial charge >= 0.3 is 0 Å². The van der Waals surface area contributed by atoms with Crippen molar-refractivity contribution in [1.82, 2.24) is 0 Å². The van der Waals surface area contributed by atoms with Gasteiger partial charge in [-0.25, -0.2) is 0 Å². The minimum Gasteiger partial charge on any atom is -0.375 e. The molecular formula is C9H13N3O2. The minimum atomic E-state index is -0.280. The maximum atomic E-state index is 8.35. The molecule has 0 radical (unpaired) electrons. The molecule has 3 heterocycles. The summed E-state index contributed by atoms with van der Waals surface area (Å²) < 4.78 is 11.7. The van der Waals surface area contributed by atoms with Crippen molar-refractivity contribution in [1.29, 1.82) is 0 Å². The van der Waals surface area contributed by atoms with Gasteiger partial charge in [0.25, 0.3) is 0 Å². The molecule has 4 bridgehead atoms. The molecule has 14 heavy (non-hydrogen) atoms. The van der Waals surface area contributed by atoms with Gasteiger partial charge in [-0.15, -0.1) is 0 Å². The summed E-state index contributed by atoms with van der Waals surface area (Å²) in [7, 11) is 0. The Labute approximate surface area is 82.0 Å². The zero-order chi connectivity index (χ0) is 9.60. The molecule has 3 aliphatic heterocycles. The van der Waals surface area contributed by atoms with Crippen LogP contribution in [0, 0.1) is 5.92 Å². The zero-order valence-electron chi connectivity index (χ0n) is 7.93. The first kappa shape index (κ1) is 8.53. The second-order valence-corrected chi connectivity index (χ2v) is 4.46. The lowest BCUT2D eigenvalue weighted by Gasteiger charge is -2.47. The molecule has 4 fully saturated rings. The maximum absolute atomic E-state index is 8.35. The number of hydrogen-bond acceptors (Lipinski definition) is 3. The van der Waals surface area contributed by atoms with Crippen LogP contribution in [-0.2, 0) is 9.47 Å². The maximum Gasteiger partial charge on any atom is 0.103 e. The number of hydrogen-bond donors (Lipinski definition) is 0. The van der Waals surface area contributed by atoms with E-state index in [1.165, 1.54) is 0 Å². The third kappa shape index (κ3) is 1.00. The highest BCUT2D eigenvalue weighted by Crippen LogP contribution is 2.50. The van der Waals surface area contributed by atoms with Crippen molar-refractivity contribution in [3.05, 3.63) is 10.4 Å². The highest BCUT2D eigenvalue weighted by molar-refractivity contribution is 5.07. The van der Waals surface area contributed by atoms with Crippen molar-refractivity contribution in [2.24, 2.45) is 11.0 Å². The van der Waals surface area contributed by atoms with Crippen LogP contribution in [-0.4, -0.2) is 31.0 Å². The second-order valence-electron chi connectivity index (χ2n) is 4.46. The third-order valence-electron chi connectivity index (χ3n) is 3.76. The van der Waals surface area contributed by atoms with Crippen molar-refractivity contribution >= 4 is 0 Å². The molecule has 5 heteroatoms. The van der Waals surface area contributed by atoms with Crippen LogP contribution < -0.4 is 0 Å². The first-order chi connectivity index (χ1) is 6.84. The van der Waals surface area contributed by atoms with Crippen molar-refractivity contribution in [3.63, 3.8) is 0 Å². The monoisotopic (exact) mass is 195 g/mol. The van der Waals surface area contributed by atoms with Gasteiger partial charge in [-0.05, 0) is 18.4 Å². The molecule has 4 aliphatic rings. The summed E-state index contributed by atoms with van der Waals surface area (Å²) in [6.07, 6.45) is 4.03. The van der Waals surface area contributed by atoms with E-state index in [1.54, 1.807) is 0 Å². The van der Waals surface area contributed by atoms with Crippen molar-refractivity contribution < 1.29 is 9.47 Å². The van der Waals surface area contributed by atoms with Crippen LogP contribution in [0.2, 0.25) is 0 Å². The average Bonchev–Trinajstić information content (AvgIpc) is 2.49. The molecule has 76 valence electrons.